The Morgan fingerprint density at radius 1 is 1.26 bits per heavy atom. The zero-order chi connectivity index (χ0) is 22.0. The Labute approximate surface area is 178 Å². The third kappa shape index (κ3) is 4.43. The fraction of sp³-hybridized carbons (Fsp3) is 0.286. The summed E-state index contributed by atoms with van der Waals surface area (Å²) in [7, 11) is 0. The molecule has 1 aliphatic rings. The van der Waals surface area contributed by atoms with Crippen LogP contribution in [0.1, 0.15) is 29.0 Å². The van der Waals surface area contributed by atoms with Gasteiger partial charge in [0, 0.05) is 37.6 Å². The molecule has 1 aliphatic heterocycles. The quantitative estimate of drug-likeness (QED) is 0.582. The highest BCUT2D eigenvalue weighted by atomic mass is 19.1. The number of anilines is 3. The molecule has 3 aromatic rings. The summed E-state index contributed by atoms with van der Waals surface area (Å²) in [6.45, 7) is 3.24. The maximum Gasteiger partial charge on any atom is 0.276 e. The molecule has 1 atom stereocenters. The lowest BCUT2D eigenvalue weighted by atomic mass is 10.1. The first-order valence-corrected chi connectivity index (χ1v) is 9.93. The Morgan fingerprint density at radius 2 is 2.10 bits per heavy atom. The lowest BCUT2D eigenvalue weighted by Gasteiger charge is -2.33. The summed E-state index contributed by atoms with van der Waals surface area (Å²) in [6, 6.07) is 2.95. The molecule has 1 saturated heterocycles. The second-order valence-electron chi connectivity index (χ2n) is 7.50. The van der Waals surface area contributed by atoms with Crippen molar-refractivity contribution < 1.29 is 9.18 Å². The molecular weight excluding hydrogens is 399 g/mol. The molecule has 0 aliphatic carbocycles. The highest BCUT2D eigenvalue weighted by Crippen LogP contribution is 2.29. The number of nitrogens with one attached hydrogen (secondary N) is 1. The predicted octanol–water partition coefficient (Wildman–Crippen LogP) is 2.14. The molecule has 0 radical (unpaired) electrons. The van der Waals surface area contributed by atoms with Gasteiger partial charge in [-0.05, 0) is 25.8 Å². The Morgan fingerprint density at radius 3 is 2.87 bits per heavy atom. The smallest absolute Gasteiger partial charge is 0.276 e. The number of carbonyl (C=O) groups excluding carboxylic acids is 1. The number of hydrogen-bond donors (Lipinski definition) is 3. The van der Waals surface area contributed by atoms with Crippen molar-refractivity contribution in [3.05, 3.63) is 54.1 Å². The summed E-state index contributed by atoms with van der Waals surface area (Å²) >= 11 is 0. The highest BCUT2D eigenvalue weighted by Gasteiger charge is 2.22. The minimum atomic E-state index is -0.682. The molecule has 0 spiro atoms. The van der Waals surface area contributed by atoms with Gasteiger partial charge in [-0.3, -0.25) is 14.8 Å². The fourth-order valence-corrected chi connectivity index (χ4v) is 3.61. The number of piperidine rings is 1. The standard InChI is InChI=1S/C21H23FN8O/c1-12-8-26-10-17(27-12)19-14(22)7-15(24)20(29-19)21(31)28-16-9-25-5-4-18(16)30-6-2-3-13(23)11-30/h4-5,7-10,13H,2-3,6,11,23-24H2,1H3,(H,28,31)/t13-/m0/s1. The van der Waals surface area contributed by atoms with Crippen molar-refractivity contribution in [2.45, 2.75) is 25.8 Å². The van der Waals surface area contributed by atoms with Crippen molar-refractivity contribution in [2.75, 3.05) is 29.0 Å². The topological polar surface area (TPSA) is 136 Å². The summed E-state index contributed by atoms with van der Waals surface area (Å²) in [5.41, 5.74) is 13.9. The Balaban J connectivity index is 1.65. The minimum absolute atomic E-state index is 0.0675. The van der Waals surface area contributed by atoms with Crippen molar-refractivity contribution in [3.8, 4) is 11.4 Å². The van der Waals surface area contributed by atoms with Crippen LogP contribution in [0.5, 0.6) is 0 Å². The van der Waals surface area contributed by atoms with E-state index in [-0.39, 0.29) is 28.8 Å². The molecule has 9 nitrogen and oxygen atoms in total. The van der Waals surface area contributed by atoms with Crippen LogP contribution in [-0.4, -0.2) is 45.0 Å². The molecule has 1 amide bonds. The summed E-state index contributed by atoms with van der Waals surface area (Å²) in [5.74, 6) is -1.26. The predicted molar refractivity (Wildman–Crippen MR) is 116 cm³/mol. The highest BCUT2D eigenvalue weighted by molar-refractivity contribution is 6.07. The van der Waals surface area contributed by atoms with Crippen LogP contribution in [0, 0.1) is 12.7 Å². The number of aromatic nitrogens is 4. The van der Waals surface area contributed by atoms with Crippen molar-refractivity contribution >= 4 is 23.0 Å². The van der Waals surface area contributed by atoms with E-state index in [2.05, 4.69) is 30.2 Å². The molecule has 31 heavy (non-hydrogen) atoms. The van der Waals surface area contributed by atoms with E-state index in [1.807, 2.05) is 6.07 Å². The van der Waals surface area contributed by atoms with Crippen LogP contribution in [-0.2, 0) is 0 Å². The van der Waals surface area contributed by atoms with Gasteiger partial charge in [0.2, 0.25) is 0 Å². The molecule has 0 unspecified atom stereocenters. The Kier molecular flexibility index (Phi) is 5.72. The summed E-state index contributed by atoms with van der Waals surface area (Å²) in [5, 5.41) is 2.80. The second-order valence-corrected chi connectivity index (χ2v) is 7.50. The second kappa shape index (κ2) is 8.60. The van der Waals surface area contributed by atoms with Gasteiger partial charge in [-0.2, -0.15) is 0 Å². The number of hydrogen-bond acceptors (Lipinski definition) is 8. The van der Waals surface area contributed by atoms with Crippen LogP contribution in [0.4, 0.5) is 21.5 Å². The zero-order valence-electron chi connectivity index (χ0n) is 17.0. The molecule has 160 valence electrons. The van der Waals surface area contributed by atoms with Gasteiger partial charge in [-0.15, -0.1) is 0 Å². The van der Waals surface area contributed by atoms with Gasteiger partial charge in [-0.25, -0.2) is 14.4 Å². The molecule has 4 heterocycles. The normalized spacial score (nSPS) is 16.2. The number of amides is 1. The first-order chi connectivity index (χ1) is 14.9. The van der Waals surface area contributed by atoms with Gasteiger partial charge in [0.15, 0.2) is 11.5 Å². The number of pyridine rings is 2. The van der Waals surface area contributed by atoms with E-state index in [1.54, 1.807) is 25.5 Å². The zero-order valence-corrected chi connectivity index (χ0v) is 17.0. The van der Waals surface area contributed by atoms with Crippen LogP contribution < -0.4 is 21.7 Å². The van der Waals surface area contributed by atoms with Gasteiger partial charge in [0.1, 0.15) is 11.4 Å². The van der Waals surface area contributed by atoms with Crippen LogP contribution in [0.3, 0.4) is 0 Å². The number of halogens is 1. The third-order valence-corrected chi connectivity index (χ3v) is 5.06. The van der Waals surface area contributed by atoms with Crippen molar-refractivity contribution in [1.29, 1.82) is 0 Å². The van der Waals surface area contributed by atoms with Gasteiger partial charge in [0.05, 0.1) is 35.1 Å². The lowest BCUT2D eigenvalue weighted by molar-refractivity contribution is 0.102. The third-order valence-electron chi connectivity index (χ3n) is 5.06. The lowest BCUT2D eigenvalue weighted by Crippen LogP contribution is -2.43. The van der Waals surface area contributed by atoms with E-state index >= 15 is 0 Å². The number of aryl methyl sites for hydroxylation is 1. The van der Waals surface area contributed by atoms with E-state index in [0.717, 1.165) is 31.1 Å². The number of nitrogens with two attached hydrogens (primary N) is 2. The SMILES string of the molecule is Cc1cncc(-c2nc(C(=O)Nc3cnccc3N3CCC[C@H](N)C3)c(N)cc2F)n1. The maximum atomic E-state index is 14.5. The first-order valence-electron chi connectivity index (χ1n) is 9.93. The molecule has 0 aromatic carbocycles. The van der Waals surface area contributed by atoms with Gasteiger partial charge in [-0.1, -0.05) is 0 Å². The summed E-state index contributed by atoms with van der Waals surface area (Å²) < 4.78 is 14.5. The summed E-state index contributed by atoms with van der Waals surface area (Å²) in [6.07, 6.45) is 8.07. The Hall–Kier alpha value is -3.66. The number of nitrogens with zero attached hydrogens (tertiary/aromatic N) is 5. The van der Waals surface area contributed by atoms with Crippen molar-refractivity contribution in [2.24, 2.45) is 5.73 Å². The fourth-order valence-electron chi connectivity index (χ4n) is 3.61. The molecule has 0 bridgehead atoms. The average molecular weight is 422 g/mol. The molecule has 10 heteroatoms. The number of nitrogen functional groups attached to an aromatic ring is 1. The molecular formula is C21H23FN8O. The molecule has 5 N–H and O–H groups in total. The molecule has 3 aromatic heterocycles. The number of rotatable bonds is 4. The molecule has 0 saturated carbocycles. The Bertz CT molecular complexity index is 1120. The first kappa shape index (κ1) is 20.6. The van der Waals surface area contributed by atoms with Crippen LogP contribution in [0.15, 0.2) is 36.9 Å². The summed E-state index contributed by atoms with van der Waals surface area (Å²) in [4.78, 5) is 31.7. The largest absolute Gasteiger partial charge is 0.397 e. The van der Waals surface area contributed by atoms with E-state index in [1.165, 1.54) is 6.20 Å². The van der Waals surface area contributed by atoms with E-state index in [0.29, 0.717) is 17.9 Å². The van der Waals surface area contributed by atoms with Gasteiger partial charge >= 0.3 is 0 Å². The van der Waals surface area contributed by atoms with E-state index in [4.69, 9.17) is 11.5 Å². The van der Waals surface area contributed by atoms with E-state index < -0.39 is 11.7 Å². The van der Waals surface area contributed by atoms with Gasteiger partial charge < -0.3 is 21.7 Å². The molecule has 1 fully saturated rings. The maximum absolute atomic E-state index is 14.5. The van der Waals surface area contributed by atoms with Crippen molar-refractivity contribution in [1.82, 2.24) is 19.9 Å². The van der Waals surface area contributed by atoms with Crippen LogP contribution in [0.2, 0.25) is 0 Å². The molecule has 4 rings (SSSR count). The average Bonchev–Trinajstić information content (AvgIpc) is 2.74. The monoisotopic (exact) mass is 422 g/mol. The van der Waals surface area contributed by atoms with Crippen LogP contribution in [0.25, 0.3) is 11.4 Å². The van der Waals surface area contributed by atoms with Crippen molar-refractivity contribution in [3.63, 3.8) is 0 Å². The minimum Gasteiger partial charge on any atom is -0.397 e. The van der Waals surface area contributed by atoms with Crippen LogP contribution >= 0.6 is 0 Å². The number of carbonyl (C=O) groups is 1. The van der Waals surface area contributed by atoms with Gasteiger partial charge in [0.25, 0.3) is 5.91 Å². The van der Waals surface area contributed by atoms with E-state index in [9.17, 15) is 9.18 Å².